The molecule has 0 amide bonds. The minimum absolute atomic E-state index is 0.215. The molecule has 0 aromatic carbocycles. The third-order valence-corrected chi connectivity index (χ3v) is 4.02. The molecular formula is C14H13N3O2S. The first-order chi connectivity index (χ1) is 9.74. The van der Waals surface area contributed by atoms with Gasteiger partial charge in [-0.05, 0) is 30.4 Å². The minimum Gasteiger partial charge on any atom is -0.478 e. The molecule has 0 atom stereocenters. The van der Waals surface area contributed by atoms with Crippen molar-refractivity contribution in [1.82, 2.24) is 15.0 Å². The van der Waals surface area contributed by atoms with Gasteiger partial charge < -0.3 is 10.1 Å². The first-order valence-corrected chi connectivity index (χ1v) is 7.21. The molecule has 3 aromatic rings. The Morgan fingerprint density at radius 2 is 2.25 bits per heavy atom. The summed E-state index contributed by atoms with van der Waals surface area (Å²) in [5.74, 6) is -0.177. The number of pyridine rings is 1. The van der Waals surface area contributed by atoms with Crippen LogP contribution < -0.4 is 0 Å². The Morgan fingerprint density at radius 3 is 3.00 bits per heavy atom. The van der Waals surface area contributed by atoms with Crippen molar-refractivity contribution in [3.05, 3.63) is 46.0 Å². The van der Waals surface area contributed by atoms with Gasteiger partial charge in [0.2, 0.25) is 0 Å². The third-order valence-electron chi connectivity index (χ3n) is 3.09. The van der Waals surface area contributed by atoms with Gasteiger partial charge in [0.05, 0.1) is 11.1 Å². The third kappa shape index (κ3) is 2.55. The second-order valence-electron chi connectivity index (χ2n) is 4.48. The summed E-state index contributed by atoms with van der Waals surface area (Å²) in [5.41, 5.74) is 1.19. The molecule has 0 fully saturated rings. The van der Waals surface area contributed by atoms with Crippen molar-refractivity contribution < 1.29 is 9.90 Å². The predicted molar refractivity (Wildman–Crippen MR) is 77.2 cm³/mol. The molecule has 0 bridgehead atoms. The molecular weight excluding hydrogens is 274 g/mol. The van der Waals surface area contributed by atoms with Crippen LogP contribution in [0.2, 0.25) is 0 Å². The number of H-pyrrole nitrogens is 1. The molecule has 3 rings (SSSR count). The lowest BCUT2D eigenvalue weighted by molar-refractivity contribution is 0.0698. The average molecular weight is 287 g/mol. The van der Waals surface area contributed by atoms with E-state index in [4.69, 9.17) is 5.11 Å². The number of carbonyl (C=O) groups is 1. The molecule has 3 aromatic heterocycles. The first-order valence-electron chi connectivity index (χ1n) is 6.33. The maximum atomic E-state index is 11.1. The Morgan fingerprint density at radius 1 is 1.35 bits per heavy atom. The summed E-state index contributed by atoms with van der Waals surface area (Å²) in [6.45, 7) is 0. The minimum atomic E-state index is -0.966. The number of nitrogens with zero attached hydrogens (tertiary/aromatic N) is 2. The van der Waals surface area contributed by atoms with Crippen molar-refractivity contribution >= 4 is 28.5 Å². The van der Waals surface area contributed by atoms with Crippen LogP contribution in [-0.2, 0) is 12.8 Å². The van der Waals surface area contributed by atoms with Crippen molar-refractivity contribution in [3.8, 4) is 0 Å². The summed E-state index contributed by atoms with van der Waals surface area (Å²) in [7, 11) is 0. The second-order valence-corrected chi connectivity index (χ2v) is 5.51. The highest BCUT2D eigenvalue weighted by molar-refractivity contribution is 7.09. The Hall–Kier alpha value is -2.21. The molecule has 0 aliphatic heterocycles. The summed E-state index contributed by atoms with van der Waals surface area (Å²) in [6.07, 6.45) is 4.24. The Labute approximate surface area is 119 Å². The molecule has 6 heteroatoms. The van der Waals surface area contributed by atoms with Crippen LogP contribution in [0.1, 0.15) is 27.5 Å². The zero-order chi connectivity index (χ0) is 13.9. The highest BCUT2D eigenvalue weighted by Crippen LogP contribution is 2.16. The monoisotopic (exact) mass is 287 g/mol. The van der Waals surface area contributed by atoms with Gasteiger partial charge in [0.1, 0.15) is 5.82 Å². The summed E-state index contributed by atoms with van der Waals surface area (Å²) < 4.78 is 0. The van der Waals surface area contributed by atoms with Crippen LogP contribution in [0.25, 0.3) is 11.2 Å². The maximum absolute atomic E-state index is 11.1. The van der Waals surface area contributed by atoms with Crippen molar-refractivity contribution in [3.63, 3.8) is 0 Å². The van der Waals surface area contributed by atoms with Crippen molar-refractivity contribution in [2.45, 2.75) is 19.3 Å². The number of imidazole rings is 1. The van der Waals surface area contributed by atoms with Crippen LogP contribution in [0.5, 0.6) is 0 Å². The number of carboxylic acid groups (broad SMARTS) is 1. The number of hydrogen-bond acceptors (Lipinski definition) is 4. The average Bonchev–Trinajstić information content (AvgIpc) is 3.06. The fourth-order valence-electron chi connectivity index (χ4n) is 2.14. The van der Waals surface area contributed by atoms with Crippen molar-refractivity contribution in [1.29, 1.82) is 0 Å². The molecule has 5 nitrogen and oxygen atoms in total. The molecule has 0 saturated heterocycles. The van der Waals surface area contributed by atoms with E-state index in [9.17, 15) is 4.79 Å². The Kier molecular flexibility index (Phi) is 3.47. The molecule has 0 spiro atoms. The molecule has 0 aliphatic carbocycles. The number of aromatic nitrogens is 3. The zero-order valence-electron chi connectivity index (χ0n) is 10.7. The van der Waals surface area contributed by atoms with E-state index >= 15 is 0 Å². The van der Waals surface area contributed by atoms with E-state index in [1.54, 1.807) is 11.3 Å². The summed E-state index contributed by atoms with van der Waals surface area (Å²) in [4.78, 5) is 24.0. The lowest BCUT2D eigenvalue weighted by Gasteiger charge is -1.96. The van der Waals surface area contributed by atoms with Crippen molar-refractivity contribution in [2.24, 2.45) is 0 Å². The highest BCUT2D eigenvalue weighted by atomic mass is 32.1. The van der Waals surface area contributed by atoms with Gasteiger partial charge in [-0.25, -0.2) is 14.8 Å². The SMILES string of the molecule is O=C(O)c1ccnc2nc(CCCc3cccs3)[nH]c12. The number of aromatic carboxylic acids is 1. The quantitative estimate of drug-likeness (QED) is 0.756. The van der Waals surface area contributed by atoms with Gasteiger partial charge >= 0.3 is 5.97 Å². The van der Waals surface area contributed by atoms with E-state index in [0.29, 0.717) is 11.2 Å². The van der Waals surface area contributed by atoms with Gasteiger partial charge in [-0.15, -0.1) is 11.3 Å². The van der Waals surface area contributed by atoms with Gasteiger partial charge in [-0.2, -0.15) is 0 Å². The van der Waals surface area contributed by atoms with Gasteiger partial charge in [-0.3, -0.25) is 0 Å². The van der Waals surface area contributed by atoms with Crippen LogP contribution in [-0.4, -0.2) is 26.0 Å². The summed E-state index contributed by atoms with van der Waals surface area (Å²) in [6, 6.07) is 5.65. The lowest BCUT2D eigenvalue weighted by Crippen LogP contribution is -1.97. The number of rotatable bonds is 5. The van der Waals surface area contributed by atoms with Gasteiger partial charge in [-0.1, -0.05) is 6.07 Å². The molecule has 0 aliphatic rings. The topological polar surface area (TPSA) is 78.9 Å². The van der Waals surface area contributed by atoms with Crippen LogP contribution in [0.3, 0.4) is 0 Å². The number of aromatic amines is 1. The number of nitrogens with one attached hydrogen (secondary N) is 1. The fraction of sp³-hybridized carbons (Fsp3) is 0.214. The first kappa shape index (κ1) is 12.8. The largest absolute Gasteiger partial charge is 0.478 e. The smallest absolute Gasteiger partial charge is 0.338 e. The van der Waals surface area contributed by atoms with E-state index in [1.165, 1.54) is 17.1 Å². The second kappa shape index (κ2) is 5.42. The number of fused-ring (bicyclic) bond motifs is 1. The van der Waals surface area contributed by atoms with E-state index in [2.05, 4.69) is 26.4 Å². The zero-order valence-corrected chi connectivity index (χ0v) is 11.5. The summed E-state index contributed by atoms with van der Waals surface area (Å²) in [5, 5.41) is 11.2. The maximum Gasteiger partial charge on any atom is 0.338 e. The number of thiophene rings is 1. The number of aryl methyl sites for hydroxylation is 2. The van der Waals surface area contributed by atoms with Crippen LogP contribution >= 0.6 is 11.3 Å². The number of hydrogen-bond donors (Lipinski definition) is 2. The normalized spacial score (nSPS) is 11.0. The molecule has 20 heavy (non-hydrogen) atoms. The fourth-order valence-corrected chi connectivity index (χ4v) is 2.89. The Bertz CT molecular complexity index is 734. The van der Waals surface area contributed by atoms with Gasteiger partial charge in [0, 0.05) is 17.5 Å². The van der Waals surface area contributed by atoms with Crippen LogP contribution in [0.15, 0.2) is 29.8 Å². The van der Waals surface area contributed by atoms with Crippen molar-refractivity contribution in [2.75, 3.05) is 0 Å². The Balaban J connectivity index is 1.76. The van der Waals surface area contributed by atoms with Gasteiger partial charge in [0.25, 0.3) is 0 Å². The van der Waals surface area contributed by atoms with E-state index in [-0.39, 0.29) is 5.56 Å². The predicted octanol–water partition coefficient (Wildman–Crippen LogP) is 2.89. The van der Waals surface area contributed by atoms with Crippen LogP contribution in [0.4, 0.5) is 0 Å². The molecule has 2 N–H and O–H groups in total. The van der Waals surface area contributed by atoms with E-state index < -0.39 is 5.97 Å². The molecule has 3 heterocycles. The highest BCUT2D eigenvalue weighted by Gasteiger charge is 2.12. The standard InChI is InChI=1S/C14H13N3O2S/c18-14(19)10-6-7-15-13-12(10)16-11(17-13)5-1-3-9-4-2-8-20-9/h2,4,6-8H,1,3,5H2,(H,18,19)(H,15,16,17). The van der Waals surface area contributed by atoms with Crippen LogP contribution in [0, 0.1) is 0 Å². The van der Waals surface area contributed by atoms with Gasteiger partial charge in [0.15, 0.2) is 5.65 Å². The summed E-state index contributed by atoms with van der Waals surface area (Å²) >= 11 is 1.75. The lowest BCUT2D eigenvalue weighted by atomic mass is 10.2. The molecule has 102 valence electrons. The molecule has 0 unspecified atom stereocenters. The van der Waals surface area contributed by atoms with E-state index in [1.807, 2.05) is 6.07 Å². The molecule has 0 saturated carbocycles. The molecule has 0 radical (unpaired) electrons. The number of carboxylic acids is 1. The van der Waals surface area contributed by atoms with E-state index in [0.717, 1.165) is 25.1 Å².